The van der Waals surface area contributed by atoms with Crippen molar-refractivity contribution in [2.24, 2.45) is 7.05 Å². The molecule has 1 aliphatic rings. The van der Waals surface area contributed by atoms with Gasteiger partial charge in [0.05, 0.1) is 12.4 Å². The third-order valence-corrected chi connectivity index (χ3v) is 6.13. The number of hydrogen-bond donors (Lipinski definition) is 1. The van der Waals surface area contributed by atoms with E-state index in [9.17, 15) is 13.2 Å². The lowest BCUT2D eigenvalue weighted by atomic mass is 10.0. The Hall–Kier alpha value is -2.20. The Balaban J connectivity index is 1.86. The number of carbonyl (C=O) groups excluding carboxylic acids is 1. The highest BCUT2D eigenvalue weighted by Crippen LogP contribution is 2.35. The van der Waals surface area contributed by atoms with E-state index < -0.39 is 16.1 Å². The lowest BCUT2D eigenvalue weighted by Gasteiger charge is -2.32. The third-order valence-electron chi connectivity index (χ3n) is 4.33. The first-order valence-corrected chi connectivity index (χ1v) is 10.1. The van der Waals surface area contributed by atoms with E-state index in [2.05, 4.69) is 15.5 Å². The molecule has 1 unspecified atom stereocenters. The molecule has 0 radical (unpaired) electrons. The molecule has 0 spiro atoms. The predicted octanol–water partition coefficient (Wildman–Crippen LogP) is 1.46. The molecule has 9 nitrogen and oxygen atoms in total. The van der Waals surface area contributed by atoms with E-state index in [4.69, 9.17) is 4.52 Å². The molecule has 0 saturated carbocycles. The molecule has 2 aromatic heterocycles. The summed E-state index contributed by atoms with van der Waals surface area (Å²) in [5.41, 5.74) is 0.161. The van der Waals surface area contributed by atoms with Gasteiger partial charge in [0.1, 0.15) is 0 Å². The fourth-order valence-corrected chi connectivity index (χ4v) is 4.64. The molecule has 10 heteroatoms. The van der Waals surface area contributed by atoms with Gasteiger partial charge in [-0.05, 0) is 19.3 Å². The molecule has 3 rings (SSSR count). The van der Waals surface area contributed by atoms with E-state index in [0.29, 0.717) is 25.3 Å². The van der Waals surface area contributed by atoms with Gasteiger partial charge in [0.15, 0.2) is 16.5 Å². The summed E-state index contributed by atoms with van der Waals surface area (Å²) in [6, 6.07) is 1.04. The zero-order chi connectivity index (χ0) is 18.7. The van der Waals surface area contributed by atoms with Gasteiger partial charge < -0.3 is 14.4 Å². The van der Waals surface area contributed by atoms with E-state index in [0.717, 1.165) is 19.3 Å². The number of carbonyl (C=O) groups is 1. The number of rotatable bonds is 6. The number of piperidine rings is 1. The average Bonchev–Trinajstić information content (AvgIpc) is 3.29. The van der Waals surface area contributed by atoms with Gasteiger partial charge in [0.25, 0.3) is 15.9 Å². The summed E-state index contributed by atoms with van der Waals surface area (Å²) >= 11 is 0. The lowest BCUT2D eigenvalue weighted by molar-refractivity contribution is 0.0944. The Morgan fingerprint density at radius 2 is 2.23 bits per heavy atom. The standard InChI is InChI=1S/C16H23N5O4S/c1-3-7-17-16(22)12-9-14(25-19-12)13-6-4-5-8-21(13)26(23,24)15-10-20(2)11-18-15/h9-11,13H,3-8H2,1-2H3,(H,17,22). The van der Waals surface area contributed by atoms with Crippen LogP contribution >= 0.6 is 0 Å². The number of nitrogens with zero attached hydrogens (tertiary/aromatic N) is 4. The lowest BCUT2D eigenvalue weighted by Crippen LogP contribution is -2.38. The SMILES string of the molecule is CCCNC(=O)c1cc(C2CCCCN2S(=O)(=O)c2cn(C)cn2)on1. The first-order valence-electron chi connectivity index (χ1n) is 8.68. The second-order valence-corrected chi connectivity index (χ2v) is 8.21. The monoisotopic (exact) mass is 381 g/mol. The smallest absolute Gasteiger partial charge is 0.273 e. The van der Waals surface area contributed by atoms with E-state index >= 15 is 0 Å². The number of aryl methyl sites for hydroxylation is 1. The van der Waals surface area contributed by atoms with Crippen molar-refractivity contribution in [3.8, 4) is 0 Å². The largest absolute Gasteiger partial charge is 0.359 e. The summed E-state index contributed by atoms with van der Waals surface area (Å²) in [5.74, 6) is 0.0580. The van der Waals surface area contributed by atoms with E-state index in [1.165, 1.54) is 22.9 Å². The Bertz CT molecular complexity index is 873. The van der Waals surface area contributed by atoms with Gasteiger partial charge in [-0.1, -0.05) is 18.5 Å². The molecule has 3 heterocycles. The Labute approximate surface area is 152 Å². The molecule has 1 atom stereocenters. The topological polar surface area (TPSA) is 110 Å². The van der Waals surface area contributed by atoms with Crippen LogP contribution in [0.1, 0.15) is 54.9 Å². The summed E-state index contributed by atoms with van der Waals surface area (Å²) in [6.07, 6.45) is 5.99. The normalized spacial score (nSPS) is 18.8. The second-order valence-electron chi connectivity index (χ2n) is 6.38. The van der Waals surface area contributed by atoms with Crippen LogP contribution in [-0.4, -0.2) is 46.4 Å². The molecule has 142 valence electrons. The average molecular weight is 381 g/mol. The van der Waals surface area contributed by atoms with E-state index in [1.807, 2.05) is 6.92 Å². The predicted molar refractivity (Wildman–Crippen MR) is 92.8 cm³/mol. The van der Waals surface area contributed by atoms with Gasteiger partial charge in [-0.15, -0.1) is 0 Å². The quantitative estimate of drug-likeness (QED) is 0.811. The third kappa shape index (κ3) is 3.65. The summed E-state index contributed by atoms with van der Waals surface area (Å²) in [7, 11) is -2.03. The number of nitrogens with one attached hydrogen (secondary N) is 1. The highest BCUT2D eigenvalue weighted by Gasteiger charge is 2.38. The van der Waals surface area contributed by atoms with Crippen LogP contribution in [0, 0.1) is 0 Å². The number of sulfonamides is 1. The van der Waals surface area contributed by atoms with Gasteiger partial charge in [-0.3, -0.25) is 4.79 Å². The molecule has 0 aliphatic carbocycles. The molecular weight excluding hydrogens is 358 g/mol. The van der Waals surface area contributed by atoms with Crippen molar-refractivity contribution in [3.63, 3.8) is 0 Å². The summed E-state index contributed by atoms with van der Waals surface area (Å²) in [4.78, 5) is 16.0. The van der Waals surface area contributed by atoms with Crippen LogP contribution in [0.25, 0.3) is 0 Å². The molecule has 0 bridgehead atoms. The van der Waals surface area contributed by atoms with Gasteiger partial charge in [-0.2, -0.15) is 4.31 Å². The van der Waals surface area contributed by atoms with E-state index in [-0.39, 0.29) is 16.6 Å². The fourth-order valence-electron chi connectivity index (χ4n) is 3.00. The van der Waals surface area contributed by atoms with Gasteiger partial charge in [0.2, 0.25) is 0 Å². The van der Waals surface area contributed by atoms with Crippen LogP contribution in [0.4, 0.5) is 0 Å². The minimum atomic E-state index is -3.75. The highest BCUT2D eigenvalue weighted by atomic mass is 32.2. The van der Waals surface area contributed by atoms with E-state index in [1.54, 1.807) is 11.6 Å². The van der Waals surface area contributed by atoms with Crippen LogP contribution in [0.2, 0.25) is 0 Å². The second kappa shape index (κ2) is 7.58. The van der Waals surface area contributed by atoms with Gasteiger partial charge in [0, 0.05) is 32.4 Å². The molecule has 26 heavy (non-hydrogen) atoms. The summed E-state index contributed by atoms with van der Waals surface area (Å²) in [5, 5.41) is 6.54. The summed E-state index contributed by atoms with van der Waals surface area (Å²) < 4.78 is 34.3. The van der Waals surface area contributed by atoms with Crippen molar-refractivity contribution in [1.29, 1.82) is 0 Å². The van der Waals surface area contributed by atoms with Crippen molar-refractivity contribution < 1.29 is 17.7 Å². The van der Waals surface area contributed by atoms with Crippen LogP contribution in [0.15, 0.2) is 28.1 Å². The van der Waals surface area contributed by atoms with Gasteiger partial charge in [-0.25, -0.2) is 13.4 Å². The van der Waals surface area contributed by atoms with Crippen molar-refractivity contribution in [3.05, 3.63) is 30.0 Å². The number of hydrogen-bond acceptors (Lipinski definition) is 6. The van der Waals surface area contributed by atoms with Crippen molar-refractivity contribution in [2.75, 3.05) is 13.1 Å². The minimum Gasteiger partial charge on any atom is -0.359 e. The van der Waals surface area contributed by atoms with Crippen LogP contribution < -0.4 is 5.32 Å². The first kappa shape index (κ1) is 18.6. The summed E-state index contributed by atoms with van der Waals surface area (Å²) in [6.45, 7) is 2.88. The zero-order valence-electron chi connectivity index (χ0n) is 14.9. The Morgan fingerprint density at radius 1 is 1.42 bits per heavy atom. The first-order chi connectivity index (χ1) is 12.4. The fraction of sp³-hybridized carbons (Fsp3) is 0.562. The molecular formula is C16H23N5O4S. The molecule has 1 aliphatic heterocycles. The number of amides is 1. The number of aromatic nitrogens is 3. The van der Waals surface area contributed by atoms with Crippen molar-refractivity contribution in [1.82, 2.24) is 24.3 Å². The minimum absolute atomic E-state index is 0.00678. The Kier molecular flexibility index (Phi) is 5.42. The van der Waals surface area contributed by atoms with Crippen molar-refractivity contribution in [2.45, 2.75) is 43.7 Å². The Morgan fingerprint density at radius 3 is 2.92 bits per heavy atom. The number of imidazole rings is 1. The zero-order valence-corrected chi connectivity index (χ0v) is 15.7. The highest BCUT2D eigenvalue weighted by molar-refractivity contribution is 7.89. The van der Waals surface area contributed by atoms with Crippen LogP contribution in [-0.2, 0) is 17.1 Å². The van der Waals surface area contributed by atoms with Crippen LogP contribution in [0.3, 0.4) is 0 Å². The maximum Gasteiger partial charge on any atom is 0.273 e. The van der Waals surface area contributed by atoms with Crippen LogP contribution in [0.5, 0.6) is 0 Å². The molecule has 1 saturated heterocycles. The molecule has 1 amide bonds. The van der Waals surface area contributed by atoms with Crippen molar-refractivity contribution >= 4 is 15.9 Å². The van der Waals surface area contributed by atoms with Gasteiger partial charge >= 0.3 is 0 Å². The maximum atomic E-state index is 13.0. The molecule has 1 fully saturated rings. The molecule has 2 aromatic rings. The molecule has 1 N–H and O–H groups in total. The maximum absolute atomic E-state index is 13.0. The molecule has 0 aromatic carbocycles.